The van der Waals surface area contributed by atoms with E-state index in [2.05, 4.69) is 15.9 Å². The number of esters is 1. The summed E-state index contributed by atoms with van der Waals surface area (Å²) in [5, 5.41) is 0. The maximum atomic E-state index is 12.3. The average Bonchev–Trinajstić information content (AvgIpc) is 2.41. The smallest absolute Gasteiger partial charge is 0.329 e. The van der Waals surface area contributed by atoms with Crippen LogP contribution < -0.4 is 4.90 Å². The first-order valence-electron chi connectivity index (χ1n) is 7.25. The molecule has 1 aliphatic rings. The lowest BCUT2D eigenvalue weighted by molar-refractivity contribution is -0.150. The summed E-state index contributed by atoms with van der Waals surface area (Å²) in [6.45, 7) is 5.52. The summed E-state index contributed by atoms with van der Waals surface area (Å²) in [5.74, 6) is -0.353. The van der Waals surface area contributed by atoms with Crippen LogP contribution in [0.1, 0.15) is 39.2 Å². The summed E-state index contributed by atoms with van der Waals surface area (Å²) in [7, 11) is 0. The van der Waals surface area contributed by atoms with Crippen LogP contribution in [0.2, 0.25) is 0 Å². The van der Waals surface area contributed by atoms with Crippen LogP contribution in [0.5, 0.6) is 0 Å². The van der Waals surface area contributed by atoms with Crippen molar-refractivity contribution in [3.05, 3.63) is 28.2 Å². The molecule has 1 amide bonds. The first-order chi connectivity index (χ1) is 9.93. The highest BCUT2D eigenvalue weighted by molar-refractivity contribution is 9.10. The fourth-order valence-corrected chi connectivity index (χ4v) is 3.00. The van der Waals surface area contributed by atoms with Gasteiger partial charge in [-0.15, -0.1) is 0 Å². The van der Waals surface area contributed by atoms with Crippen LogP contribution in [-0.4, -0.2) is 24.0 Å². The number of nitrogens with zero attached hydrogens (tertiary/aromatic N) is 1. The molecule has 5 heteroatoms. The van der Waals surface area contributed by atoms with Gasteiger partial charge >= 0.3 is 5.97 Å². The van der Waals surface area contributed by atoms with E-state index in [-0.39, 0.29) is 18.0 Å². The SMILES string of the molecule is CCC(C(=O)OC(C)C)N1C(=O)CCc2cc(Br)ccc21. The zero-order valence-corrected chi connectivity index (χ0v) is 14.1. The molecule has 0 saturated heterocycles. The van der Waals surface area contributed by atoms with Crippen LogP contribution in [0.4, 0.5) is 5.69 Å². The van der Waals surface area contributed by atoms with Gasteiger partial charge < -0.3 is 4.74 Å². The monoisotopic (exact) mass is 353 g/mol. The summed E-state index contributed by atoms with van der Waals surface area (Å²) in [5.41, 5.74) is 1.90. The zero-order valence-electron chi connectivity index (χ0n) is 12.6. The molecule has 1 heterocycles. The van der Waals surface area contributed by atoms with Gasteiger partial charge in [-0.3, -0.25) is 9.69 Å². The van der Waals surface area contributed by atoms with Gasteiger partial charge in [-0.1, -0.05) is 22.9 Å². The van der Waals surface area contributed by atoms with Gasteiger partial charge in [0.2, 0.25) is 5.91 Å². The van der Waals surface area contributed by atoms with Gasteiger partial charge in [-0.2, -0.15) is 0 Å². The molecule has 114 valence electrons. The Kier molecular flexibility index (Phi) is 5.04. The maximum Gasteiger partial charge on any atom is 0.329 e. The van der Waals surface area contributed by atoms with E-state index in [1.54, 1.807) is 4.90 Å². The van der Waals surface area contributed by atoms with E-state index < -0.39 is 6.04 Å². The number of carbonyl (C=O) groups is 2. The van der Waals surface area contributed by atoms with Gasteiger partial charge in [0.15, 0.2) is 0 Å². The molecule has 1 aromatic carbocycles. The maximum absolute atomic E-state index is 12.3. The second-order valence-electron chi connectivity index (χ2n) is 5.45. The number of fused-ring (bicyclic) bond motifs is 1. The van der Waals surface area contributed by atoms with Crippen molar-refractivity contribution in [2.75, 3.05) is 4.90 Å². The minimum Gasteiger partial charge on any atom is -0.461 e. The molecule has 0 fully saturated rings. The van der Waals surface area contributed by atoms with Crippen LogP contribution in [-0.2, 0) is 20.7 Å². The van der Waals surface area contributed by atoms with Gasteiger partial charge in [0.05, 0.1) is 6.10 Å². The molecule has 1 unspecified atom stereocenters. The minimum absolute atomic E-state index is 0.0163. The molecular weight excluding hydrogens is 334 g/mol. The molecule has 0 N–H and O–H groups in total. The average molecular weight is 354 g/mol. The molecule has 0 saturated carbocycles. The Bertz CT molecular complexity index is 556. The first kappa shape index (κ1) is 16.0. The van der Waals surface area contributed by atoms with Crippen LogP contribution in [0.3, 0.4) is 0 Å². The molecule has 0 spiro atoms. The summed E-state index contributed by atoms with van der Waals surface area (Å²) in [4.78, 5) is 26.2. The third kappa shape index (κ3) is 3.46. The van der Waals surface area contributed by atoms with Crippen molar-refractivity contribution < 1.29 is 14.3 Å². The normalized spacial score (nSPS) is 15.9. The van der Waals surface area contributed by atoms with E-state index in [9.17, 15) is 9.59 Å². The minimum atomic E-state index is -0.555. The number of carbonyl (C=O) groups excluding carboxylic acids is 2. The lowest BCUT2D eigenvalue weighted by Crippen LogP contribution is -2.48. The van der Waals surface area contributed by atoms with E-state index in [4.69, 9.17) is 4.74 Å². The van der Waals surface area contributed by atoms with Crippen LogP contribution in [0.15, 0.2) is 22.7 Å². The number of benzene rings is 1. The predicted molar refractivity (Wildman–Crippen MR) is 85.3 cm³/mol. The lowest BCUT2D eigenvalue weighted by atomic mass is 9.98. The van der Waals surface area contributed by atoms with Gasteiger partial charge in [-0.25, -0.2) is 4.79 Å². The predicted octanol–water partition coefficient (Wildman–Crippen LogP) is 3.46. The fraction of sp³-hybridized carbons (Fsp3) is 0.500. The number of aryl methyl sites for hydroxylation is 1. The number of amides is 1. The van der Waals surface area contributed by atoms with E-state index in [0.717, 1.165) is 15.7 Å². The standard InChI is InChI=1S/C16H20BrNO3/c1-4-13(16(20)21-10(2)3)18-14-7-6-12(17)9-11(14)5-8-15(18)19/h6-7,9-10,13H,4-5,8H2,1-3H3. The summed E-state index contributed by atoms with van der Waals surface area (Å²) in [6, 6.07) is 5.24. The summed E-state index contributed by atoms with van der Waals surface area (Å²) >= 11 is 3.45. The molecule has 1 aliphatic heterocycles. The van der Waals surface area contributed by atoms with Crippen molar-refractivity contribution in [2.45, 2.75) is 52.2 Å². The largest absolute Gasteiger partial charge is 0.461 e. The van der Waals surface area contributed by atoms with Gasteiger partial charge in [-0.05, 0) is 50.5 Å². The number of anilines is 1. The molecule has 1 atom stereocenters. The van der Waals surface area contributed by atoms with Crippen LogP contribution in [0.25, 0.3) is 0 Å². The Morgan fingerprint density at radius 1 is 1.38 bits per heavy atom. The number of hydrogen-bond acceptors (Lipinski definition) is 3. The van der Waals surface area contributed by atoms with E-state index in [1.165, 1.54) is 0 Å². The number of rotatable bonds is 4. The molecular formula is C16H20BrNO3. The third-order valence-corrected chi connectivity index (χ3v) is 3.99. The Labute approximate surface area is 133 Å². The fourth-order valence-electron chi connectivity index (χ4n) is 2.59. The summed E-state index contributed by atoms with van der Waals surface area (Å²) < 4.78 is 6.28. The second kappa shape index (κ2) is 6.60. The molecule has 0 aliphatic carbocycles. The van der Waals surface area contributed by atoms with Crippen molar-refractivity contribution in [1.29, 1.82) is 0 Å². The van der Waals surface area contributed by atoms with Gasteiger partial charge in [0.25, 0.3) is 0 Å². The third-order valence-electron chi connectivity index (χ3n) is 3.50. The van der Waals surface area contributed by atoms with Crippen molar-refractivity contribution in [2.24, 2.45) is 0 Å². The summed E-state index contributed by atoms with van der Waals surface area (Å²) in [6.07, 6.45) is 1.48. The number of halogens is 1. The molecule has 21 heavy (non-hydrogen) atoms. The molecule has 2 rings (SSSR count). The number of hydrogen-bond donors (Lipinski definition) is 0. The van der Waals surface area contributed by atoms with Crippen LogP contribution >= 0.6 is 15.9 Å². The lowest BCUT2D eigenvalue weighted by Gasteiger charge is -2.34. The van der Waals surface area contributed by atoms with E-state index in [1.807, 2.05) is 39.0 Å². The highest BCUT2D eigenvalue weighted by Crippen LogP contribution is 2.32. The van der Waals surface area contributed by atoms with Crippen molar-refractivity contribution >= 4 is 33.5 Å². The van der Waals surface area contributed by atoms with Crippen molar-refractivity contribution in [3.8, 4) is 0 Å². The Morgan fingerprint density at radius 2 is 2.10 bits per heavy atom. The Morgan fingerprint density at radius 3 is 2.71 bits per heavy atom. The van der Waals surface area contributed by atoms with Crippen molar-refractivity contribution in [1.82, 2.24) is 0 Å². The molecule has 0 bridgehead atoms. The molecule has 4 nitrogen and oxygen atoms in total. The molecule has 1 aromatic rings. The topological polar surface area (TPSA) is 46.6 Å². The Balaban J connectivity index is 2.37. The zero-order chi connectivity index (χ0) is 15.6. The van der Waals surface area contributed by atoms with Gasteiger partial charge in [0, 0.05) is 16.6 Å². The van der Waals surface area contributed by atoms with E-state index >= 15 is 0 Å². The van der Waals surface area contributed by atoms with E-state index in [0.29, 0.717) is 19.3 Å². The highest BCUT2D eigenvalue weighted by Gasteiger charge is 2.34. The highest BCUT2D eigenvalue weighted by atomic mass is 79.9. The molecule has 0 radical (unpaired) electrons. The Hall–Kier alpha value is -1.36. The number of ether oxygens (including phenoxy) is 1. The van der Waals surface area contributed by atoms with Gasteiger partial charge in [0.1, 0.15) is 6.04 Å². The quantitative estimate of drug-likeness (QED) is 0.778. The van der Waals surface area contributed by atoms with Crippen LogP contribution in [0, 0.1) is 0 Å². The second-order valence-corrected chi connectivity index (χ2v) is 6.36. The molecule has 0 aromatic heterocycles. The van der Waals surface area contributed by atoms with Crippen molar-refractivity contribution in [3.63, 3.8) is 0 Å². The first-order valence-corrected chi connectivity index (χ1v) is 8.04.